The number of fused-ring (bicyclic) bond motifs is 5. The molecule has 0 spiro atoms. The summed E-state index contributed by atoms with van der Waals surface area (Å²) in [6.07, 6.45) is 0. The van der Waals surface area contributed by atoms with Gasteiger partial charge in [0.25, 0.3) is 0 Å². The van der Waals surface area contributed by atoms with Crippen molar-refractivity contribution >= 4 is 38.6 Å². The van der Waals surface area contributed by atoms with Gasteiger partial charge >= 0.3 is 0 Å². The van der Waals surface area contributed by atoms with Crippen LogP contribution in [0.15, 0.2) is 267 Å². The van der Waals surface area contributed by atoms with Crippen molar-refractivity contribution in [2.45, 2.75) is 64.7 Å². The quantitative estimate of drug-likeness (QED) is 0.139. The molecule has 0 aliphatic heterocycles. The van der Waals surface area contributed by atoms with Gasteiger partial charge in [0.2, 0.25) is 0 Å². The number of hydrogen-bond donors (Lipinski definition) is 0. The Hall–Kier alpha value is -9.04. The van der Waals surface area contributed by atoms with Crippen LogP contribution in [0, 0.1) is 0 Å². The second-order valence-corrected chi connectivity index (χ2v) is 23.8. The lowest BCUT2D eigenvalue weighted by Gasteiger charge is -2.31. The van der Waals surface area contributed by atoms with Crippen molar-refractivity contribution in [2.75, 3.05) is 4.90 Å². The molecule has 1 aliphatic rings. The van der Waals surface area contributed by atoms with Crippen molar-refractivity contribution in [1.29, 1.82) is 0 Å². The minimum atomic E-state index is -0.291. The van der Waals surface area contributed by atoms with E-state index >= 15 is 0 Å². The zero-order valence-corrected chi connectivity index (χ0v) is 46.4. The molecule has 382 valence electrons. The maximum atomic E-state index is 2.52. The van der Waals surface area contributed by atoms with E-state index in [1.165, 1.54) is 105 Å². The molecule has 79 heavy (non-hydrogen) atoms. The number of rotatable bonds is 9. The largest absolute Gasteiger partial charge is 0.309 e. The molecular formula is C78H65N. The van der Waals surface area contributed by atoms with Crippen LogP contribution >= 0.6 is 0 Å². The second kappa shape index (κ2) is 19.5. The van der Waals surface area contributed by atoms with Gasteiger partial charge in [-0.3, -0.25) is 0 Å². The highest BCUT2D eigenvalue weighted by atomic mass is 15.1. The average Bonchev–Trinajstić information content (AvgIpc) is 3.99. The van der Waals surface area contributed by atoms with Gasteiger partial charge in [-0.25, -0.2) is 0 Å². The minimum absolute atomic E-state index is 0.0272. The fourth-order valence-corrected chi connectivity index (χ4v) is 12.6. The van der Waals surface area contributed by atoms with Crippen LogP contribution in [0.3, 0.4) is 0 Å². The predicted molar refractivity (Wildman–Crippen MR) is 338 cm³/mol. The van der Waals surface area contributed by atoms with E-state index in [4.69, 9.17) is 0 Å². The standard InChI is InChI=1S/C78H65N/c1-76(2,3)59-48-57(49-60(51-59)77(4,5)6)63-36-21-27-55-29-23-38-69(75(55)63)67-34-16-19-41-73(67)79(72-40-18-15-33-66(72)68-37-22-28-54-26-20-35-62(74(54)68)53-24-10-8-11-25-53)61-45-42-52(43-46-61)56-44-47-65-64-32-14-17-39-70(64)78(7,71(65)50-56)58-30-12-9-13-31-58/h8-51H,1-7H3. The third-order valence-electron chi connectivity index (χ3n) is 16.9. The molecule has 1 atom stereocenters. The van der Waals surface area contributed by atoms with Crippen LogP contribution in [0.2, 0.25) is 0 Å². The maximum Gasteiger partial charge on any atom is 0.0540 e. The predicted octanol–water partition coefficient (Wildman–Crippen LogP) is 21.7. The van der Waals surface area contributed by atoms with E-state index in [0.29, 0.717) is 0 Å². The fraction of sp³-hybridized carbons (Fsp3) is 0.128. The molecule has 1 aliphatic carbocycles. The Kier molecular flexibility index (Phi) is 12.2. The Labute approximate surface area is 467 Å². The van der Waals surface area contributed by atoms with Crippen molar-refractivity contribution < 1.29 is 0 Å². The minimum Gasteiger partial charge on any atom is -0.309 e. The number of anilines is 3. The number of para-hydroxylation sites is 2. The Morgan fingerprint density at radius 3 is 1.27 bits per heavy atom. The van der Waals surface area contributed by atoms with Crippen LogP contribution in [0.25, 0.3) is 88.3 Å². The number of hydrogen-bond acceptors (Lipinski definition) is 1. The van der Waals surface area contributed by atoms with E-state index in [1.54, 1.807) is 0 Å². The van der Waals surface area contributed by atoms with E-state index in [1.807, 2.05) is 0 Å². The lowest BCUT2D eigenvalue weighted by atomic mass is 9.74. The van der Waals surface area contributed by atoms with Gasteiger partial charge in [0.15, 0.2) is 0 Å². The van der Waals surface area contributed by atoms with Crippen molar-refractivity contribution in [3.63, 3.8) is 0 Å². The molecule has 1 heteroatoms. The first kappa shape index (κ1) is 49.5. The fourth-order valence-electron chi connectivity index (χ4n) is 12.6. The third kappa shape index (κ3) is 8.66. The second-order valence-electron chi connectivity index (χ2n) is 23.8. The molecule has 12 aromatic carbocycles. The summed E-state index contributed by atoms with van der Waals surface area (Å²) in [7, 11) is 0. The van der Waals surface area contributed by atoms with Crippen LogP contribution in [-0.2, 0) is 16.2 Å². The molecule has 1 unspecified atom stereocenters. The lowest BCUT2D eigenvalue weighted by molar-refractivity contribution is 0.569. The Balaban J connectivity index is 1.02. The average molecular weight is 1020 g/mol. The molecule has 0 N–H and O–H groups in total. The van der Waals surface area contributed by atoms with Crippen LogP contribution < -0.4 is 4.90 Å². The summed E-state index contributed by atoms with van der Waals surface area (Å²) in [5.74, 6) is 0. The molecule has 0 heterocycles. The first-order chi connectivity index (χ1) is 38.3. The highest BCUT2D eigenvalue weighted by molar-refractivity contribution is 6.11. The summed E-state index contributed by atoms with van der Waals surface area (Å²) < 4.78 is 0. The summed E-state index contributed by atoms with van der Waals surface area (Å²) in [5.41, 5.74) is 24.2. The van der Waals surface area contributed by atoms with E-state index in [0.717, 1.165) is 28.2 Å². The smallest absolute Gasteiger partial charge is 0.0540 e. The molecule has 0 bridgehead atoms. The highest BCUT2D eigenvalue weighted by Crippen LogP contribution is 2.54. The first-order valence-corrected chi connectivity index (χ1v) is 28.0. The van der Waals surface area contributed by atoms with Gasteiger partial charge in [-0.05, 0) is 153 Å². The zero-order chi connectivity index (χ0) is 54.0. The zero-order valence-electron chi connectivity index (χ0n) is 46.4. The van der Waals surface area contributed by atoms with Crippen molar-refractivity contribution in [1.82, 2.24) is 0 Å². The molecule has 0 aromatic heterocycles. The molecule has 12 aromatic rings. The van der Waals surface area contributed by atoms with Gasteiger partial charge in [-0.15, -0.1) is 0 Å². The van der Waals surface area contributed by atoms with Gasteiger partial charge in [0, 0.05) is 22.2 Å². The lowest BCUT2D eigenvalue weighted by Crippen LogP contribution is -2.22. The van der Waals surface area contributed by atoms with E-state index < -0.39 is 0 Å². The molecule has 0 saturated carbocycles. The van der Waals surface area contributed by atoms with Gasteiger partial charge in [-0.2, -0.15) is 0 Å². The van der Waals surface area contributed by atoms with Gasteiger partial charge in [0.05, 0.1) is 11.4 Å². The molecule has 13 rings (SSSR count). The summed E-state index contributed by atoms with van der Waals surface area (Å²) in [6.45, 7) is 16.4. The maximum absolute atomic E-state index is 2.52. The van der Waals surface area contributed by atoms with Crippen LogP contribution in [0.1, 0.15) is 76.3 Å². The van der Waals surface area contributed by atoms with Crippen molar-refractivity contribution in [3.05, 3.63) is 295 Å². The Bertz CT molecular complexity index is 4220. The normalized spacial score (nSPS) is 14.1. The van der Waals surface area contributed by atoms with Crippen LogP contribution in [-0.4, -0.2) is 0 Å². The monoisotopic (exact) mass is 1020 g/mol. The molecule has 0 radical (unpaired) electrons. The Morgan fingerprint density at radius 1 is 0.291 bits per heavy atom. The van der Waals surface area contributed by atoms with E-state index in [-0.39, 0.29) is 16.2 Å². The number of nitrogens with zero attached hydrogens (tertiary/aromatic N) is 1. The first-order valence-electron chi connectivity index (χ1n) is 28.0. The summed E-state index contributed by atoms with van der Waals surface area (Å²) in [5, 5.41) is 4.90. The molecular weight excluding hydrogens is 951 g/mol. The summed E-state index contributed by atoms with van der Waals surface area (Å²) >= 11 is 0. The van der Waals surface area contributed by atoms with Crippen LogP contribution in [0.5, 0.6) is 0 Å². The molecule has 0 saturated heterocycles. The third-order valence-corrected chi connectivity index (χ3v) is 16.9. The van der Waals surface area contributed by atoms with Gasteiger partial charge in [0.1, 0.15) is 0 Å². The van der Waals surface area contributed by atoms with E-state index in [2.05, 4.69) is 320 Å². The van der Waals surface area contributed by atoms with Gasteiger partial charge in [-0.1, -0.05) is 278 Å². The van der Waals surface area contributed by atoms with E-state index in [9.17, 15) is 0 Å². The van der Waals surface area contributed by atoms with Crippen molar-refractivity contribution in [3.8, 4) is 66.8 Å². The van der Waals surface area contributed by atoms with Crippen LogP contribution in [0.4, 0.5) is 17.1 Å². The summed E-state index contributed by atoms with van der Waals surface area (Å²) in [6, 6.07) is 99.8. The van der Waals surface area contributed by atoms with Crippen molar-refractivity contribution in [2.24, 2.45) is 0 Å². The SMILES string of the molecule is CC(C)(C)c1cc(-c2cccc3cccc(-c4ccccc4N(c4ccc(-c5ccc6c(c5)C(C)(c5ccccc5)c5ccccc5-6)cc4)c4ccccc4-c4cccc5cccc(-c6ccccc6)c45)c23)cc(C(C)(C)C)c1. The summed E-state index contributed by atoms with van der Waals surface area (Å²) in [4.78, 5) is 2.52. The molecule has 0 amide bonds. The highest BCUT2D eigenvalue weighted by Gasteiger charge is 2.41. The van der Waals surface area contributed by atoms with Gasteiger partial charge < -0.3 is 4.90 Å². The number of benzene rings is 12. The molecule has 0 fully saturated rings. The topological polar surface area (TPSA) is 3.24 Å². The molecule has 1 nitrogen and oxygen atoms in total. The Morgan fingerprint density at radius 2 is 0.722 bits per heavy atom.